The monoisotopic (exact) mass is 260 g/mol. The minimum absolute atomic E-state index is 0.138. The Labute approximate surface area is 103 Å². The highest BCUT2D eigenvalue weighted by atomic mass is 32.2. The number of amides is 1. The Bertz CT molecular complexity index is 389. The average Bonchev–Trinajstić information content (AvgIpc) is 2.24. The van der Waals surface area contributed by atoms with Crippen LogP contribution in [-0.2, 0) is 11.3 Å². The van der Waals surface area contributed by atoms with E-state index in [1.165, 1.54) is 12.1 Å². The highest BCUT2D eigenvalue weighted by molar-refractivity contribution is 8.00. The van der Waals surface area contributed by atoms with E-state index in [0.29, 0.717) is 12.1 Å². The molecule has 0 heterocycles. The normalized spacial score (nSPS) is 10.5. The van der Waals surface area contributed by atoms with E-state index in [1.807, 2.05) is 6.92 Å². The van der Waals surface area contributed by atoms with E-state index < -0.39 is 17.5 Å². The van der Waals surface area contributed by atoms with Crippen LogP contribution in [0.4, 0.5) is 8.78 Å². The smallest absolute Gasteiger partial charge is 0.227 e. The largest absolute Gasteiger partial charge is 0.369 e. The molecule has 94 valence electrons. The first-order valence-corrected chi connectivity index (χ1v) is 6.13. The number of carbonyl (C=O) groups excluding carboxylic acids is 1. The Morgan fingerprint density at radius 2 is 2.00 bits per heavy atom. The molecule has 0 unspecified atom stereocenters. The molecular weight excluding hydrogens is 246 g/mol. The summed E-state index contributed by atoms with van der Waals surface area (Å²) in [6, 6.07) is 2.52. The second kappa shape index (κ2) is 6.56. The van der Waals surface area contributed by atoms with Gasteiger partial charge in [0.2, 0.25) is 5.91 Å². The molecule has 1 amide bonds. The number of primary amides is 1. The SMILES string of the molecule is CCNCc1cc(F)c(SCC(N)=O)c(F)c1. The lowest BCUT2D eigenvalue weighted by Crippen LogP contribution is -2.14. The topological polar surface area (TPSA) is 55.1 Å². The summed E-state index contributed by atoms with van der Waals surface area (Å²) in [6.45, 7) is 3.04. The van der Waals surface area contributed by atoms with E-state index in [1.54, 1.807) is 0 Å². The van der Waals surface area contributed by atoms with Crippen LogP contribution in [-0.4, -0.2) is 18.2 Å². The number of nitrogens with two attached hydrogens (primary N) is 1. The first-order chi connectivity index (χ1) is 8.04. The van der Waals surface area contributed by atoms with E-state index in [9.17, 15) is 13.6 Å². The van der Waals surface area contributed by atoms with Crippen LogP contribution in [0.2, 0.25) is 0 Å². The van der Waals surface area contributed by atoms with Crippen LogP contribution in [0, 0.1) is 11.6 Å². The molecule has 3 nitrogen and oxygen atoms in total. The van der Waals surface area contributed by atoms with Crippen LogP contribution in [0.5, 0.6) is 0 Å². The zero-order valence-corrected chi connectivity index (χ0v) is 10.2. The van der Waals surface area contributed by atoms with Crippen molar-refractivity contribution in [2.75, 3.05) is 12.3 Å². The van der Waals surface area contributed by atoms with E-state index in [-0.39, 0.29) is 10.6 Å². The number of benzene rings is 1. The van der Waals surface area contributed by atoms with Crippen molar-refractivity contribution in [3.63, 3.8) is 0 Å². The van der Waals surface area contributed by atoms with Gasteiger partial charge in [-0.05, 0) is 24.2 Å². The minimum atomic E-state index is -0.663. The van der Waals surface area contributed by atoms with Crippen molar-refractivity contribution in [3.05, 3.63) is 29.3 Å². The zero-order valence-electron chi connectivity index (χ0n) is 9.43. The molecule has 0 aliphatic carbocycles. The quantitative estimate of drug-likeness (QED) is 0.765. The third-order valence-corrected chi connectivity index (χ3v) is 3.10. The molecule has 0 saturated heterocycles. The Morgan fingerprint density at radius 3 is 2.47 bits per heavy atom. The fraction of sp³-hybridized carbons (Fsp3) is 0.364. The van der Waals surface area contributed by atoms with Crippen LogP contribution in [0.15, 0.2) is 17.0 Å². The molecule has 3 N–H and O–H groups in total. The number of nitrogens with one attached hydrogen (secondary N) is 1. The van der Waals surface area contributed by atoms with Gasteiger partial charge in [-0.1, -0.05) is 6.92 Å². The van der Waals surface area contributed by atoms with Gasteiger partial charge < -0.3 is 11.1 Å². The lowest BCUT2D eigenvalue weighted by Gasteiger charge is -2.07. The van der Waals surface area contributed by atoms with Gasteiger partial charge in [-0.2, -0.15) is 0 Å². The maximum absolute atomic E-state index is 13.5. The Kier molecular flexibility index (Phi) is 5.37. The van der Waals surface area contributed by atoms with Crippen LogP contribution in [0.1, 0.15) is 12.5 Å². The number of thioether (sulfide) groups is 1. The molecule has 0 aliphatic heterocycles. The van der Waals surface area contributed by atoms with E-state index in [0.717, 1.165) is 18.3 Å². The molecule has 0 fully saturated rings. The molecule has 1 rings (SSSR count). The Morgan fingerprint density at radius 1 is 1.41 bits per heavy atom. The van der Waals surface area contributed by atoms with Gasteiger partial charge in [0.15, 0.2) is 0 Å². The number of hydrogen-bond acceptors (Lipinski definition) is 3. The first-order valence-electron chi connectivity index (χ1n) is 5.14. The van der Waals surface area contributed by atoms with Gasteiger partial charge in [0.25, 0.3) is 0 Å². The van der Waals surface area contributed by atoms with Crippen molar-refractivity contribution in [1.82, 2.24) is 5.32 Å². The third kappa shape index (κ3) is 4.32. The minimum Gasteiger partial charge on any atom is -0.369 e. The lowest BCUT2D eigenvalue weighted by molar-refractivity contribution is -0.115. The molecule has 0 radical (unpaired) electrons. The van der Waals surface area contributed by atoms with Gasteiger partial charge in [0.05, 0.1) is 10.6 Å². The second-order valence-electron chi connectivity index (χ2n) is 3.42. The number of carbonyl (C=O) groups is 1. The molecule has 1 aromatic carbocycles. The van der Waals surface area contributed by atoms with Gasteiger partial charge in [-0.3, -0.25) is 4.79 Å². The molecular formula is C11H14F2N2OS. The summed E-state index contributed by atoms with van der Waals surface area (Å²) in [4.78, 5) is 10.4. The molecule has 0 spiro atoms. The Balaban J connectivity index is 2.82. The van der Waals surface area contributed by atoms with Crippen LogP contribution in [0.25, 0.3) is 0 Å². The maximum Gasteiger partial charge on any atom is 0.227 e. The van der Waals surface area contributed by atoms with Crippen molar-refractivity contribution in [2.24, 2.45) is 5.73 Å². The van der Waals surface area contributed by atoms with Gasteiger partial charge >= 0.3 is 0 Å². The number of halogens is 2. The fourth-order valence-corrected chi connectivity index (χ4v) is 1.95. The third-order valence-electron chi connectivity index (χ3n) is 2.00. The number of hydrogen-bond donors (Lipinski definition) is 2. The van der Waals surface area contributed by atoms with Crippen LogP contribution >= 0.6 is 11.8 Å². The van der Waals surface area contributed by atoms with Crippen molar-refractivity contribution in [3.8, 4) is 0 Å². The lowest BCUT2D eigenvalue weighted by atomic mass is 10.2. The van der Waals surface area contributed by atoms with Gasteiger partial charge in [-0.15, -0.1) is 11.8 Å². The van der Waals surface area contributed by atoms with Crippen LogP contribution < -0.4 is 11.1 Å². The summed E-state index contributed by atoms with van der Waals surface area (Å²) in [5.41, 5.74) is 5.45. The molecule has 1 aromatic rings. The van der Waals surface area contributed by atoms with Gasteiger partial charge in [0.1, 0.15) is 11.6 Å². The molecule has 0 aromatic heterocycles. The van der Waals surface area contributed by atoms with Crippen molar-refractivity contribution in [2.45, 2.75) is 18.4 Å². The standard InChI is InChI=1S/C11H14F2N2OS/c1-2-15-5-7-3-8(12)11(9(13)4-7)17-6-10(14)16/h3-4,15H,2,5-6H2,1H3,(H2,14,16). The van der Waals surface area contributed by atoms with E-state index in [4.69, 9.17) is 5.73 Å². The summed E-state index contributed by atoms with van der Waals surface area (Å²) < 4.78 is 27.1. The molecule has 0 bridgehead atoms. The van der Waals surface area contributed by atoms with Crippen LogP contribution in [0.3, 0.4) is 0 Å². The van der Waals surface area contributed by atoms with E-state index >= 15 is 0 Å². The molecule has 0 saturated carbocycles. The van der Waals surface area contributed by atoms with E-state index in [2.05, 4.69) is 5.32 Å². The number of rotatable bonds is 6. The molecule has 0 atom stereocenters. The summed E-state index contributed by atoms with van der Waals surface area (Å²) in [5, 5.41) is 2.97. The average molecular weight is 260 g/mol. The predicted molar refractivity (Wildman–Crippen MR) is 63.7 cm³/mol. The summed E-state index contributed by atoms with van der Waals surface area (Å²) in [6.07, 6.45) is 0. The van der Waals surface area contributed by atoms with Crippen molar-refractivity contribution >= 4 is 17.7 Å². The fourth-order valence-electron chi connectivity index (χ4n) is 1.26. The summed E-state index contributed by atoms with van der Waals surface area (Å²) >= 11 is 0.769. The first kappa shape index (κ1) is 13.9. The highest BCUT2D eigenvalue weighted by Crippen LogP contribution is 2.26. The second-order valence-corrected chi connectivity index (χ2v) is 4.41. The highest BCUT2D eigenvalue weighted by Gasteiger charge is 2.12. The predicted octanol–water partition coefficient (Wildman–Crippen LogP) is 1.65. The Hall–Kier alpha value is -1.14. The summed E-state index contributed by atoms with van der Waals surface area (Å²) in [5.74, 6) is -2.07. The summed E-state index contributed by atoms with van der Waals surface area (Å²) in [7, 11) is 0. The van der Waals surface area contributed by atoms with Gasteiger partial charge in [0, 0.05) is 6.54 Å². The van der Waals surface area contributed by atoms with Gasteiger partial charge in [-0.25, -0.2) is 8.78 Å². The zero-order chi connectivity index (χ0) is 12.8. The molecule has 0 aliphatic rings. The molecule has 6 heteroatoms. The maximum atomic E-state index is 13.5. The van der Waals surface area contributed by atoms with Crippen molar-refractivity contribution in [1.29, 1.82) is 0 Å². The van der Waals surface area contributed by atoms with Crippen molar-refractivity contribution < 1.29 is 13.6 Å². The molecule has 17 heavy (non-hydrogen) atoms.